The highest BCUT2D eigenvalue weighted by Crippen LogP contribution is 2.36. The molecule has 1 heterocycles. The fourth-order valence-electron chi connectivity index (χ4n) is 4.21. The van der Waals surface area contributed by atoms with Crippen molar-refractivity contribution in [1.29, 1.82) is 0 Å². The van der Waals surface area contributed by atoms with E-state index in [0.29, 0.717) is 11.8 Å². The van der Waals surface area contributed by atoms with E-state index in [9.17, 15) is 23.3 Å². The molecule has 0 unspecified atom stereocenters. The van der Waals surface area contributed by atoms with Gasteiger partial charge in [-0.05, 0) is 43.9 Å². The van der Waals surface area contributed by atoms with Gasteiger partial charge in [0.05, 0.1) is 16.4 Å². The van der Waals surface area contributed by atoms with E-state index in [1.54, 1.807) is 0 Å². The number of fused-ring (bicyclic) bond motifs is 1. The summed E-state index contributed by atoms with van der Waals surface area (Å²) in [5.74, 6) is 1.19. The number of benzene rings is 1. The van der Waals surface area contributed by atoms with E-state index in [1.165, 1.54) is 38.4 Å². The molecule has 28 heavy (non-hydrogen) atoms. The zero-order valence-corrected chi connectivity index (χ0v) is 16.7. The summed E-state index contributed by atoms with van der Waals surface area (Å²) >= 11 is 0. The van der Waals surface area contributed by atoms with Gasteiger partial charge in [-0.2, -0.15) is 0 Å². The Bertz CT molecular complexity index is 858. The molecule has 1 saturated carbocycles. The smallest absolute Gasteiger partial charge is 0.293 e. The summed E-state index contributed by atoms with van der Waals surface area (Å²) in [6.07, 6.45) is 5.93. The minimum absolute atomic E-state index is 0.0592. The summed E-state index contributed by atoms with van der Waals surface area (Å²) in [6, 6.07) is 3.59. The normalized spacial score (nSPS) is 22.4. The number of nitrogens with zero attached hydrogens (tertiary/aromatic N) is 2. The zero-order valence-electron chi connectivity index (χ0n) is 15.9. The number of carbonyl (C=O) groups excluding carboxylic acids is 1. The third kappa shape index (κ3) is 4.44. The van der Waals surface area contributed by atoms with Crippen molar-refractivity contribution in [2.24, 2.45) is 11.8 Å². The van der Waals surface area contributed by atoms with Gasteiger partial charge in [0, 0.05) is 19.2 Å². The van der Waals surface area contributed by atoms with Gasteiger partial charge in [0.15, 0.2) is 0 Å². The molecular weight excluding hydrogens is 384 g/mol. The quantitative estimate of drug-likeness (QED) is 0.546. The highest BCUT2D eigenvalue weighted by atomic mass is 32.2. The first-order valence-corrected chi connectivity index (χ1v) is 11.0. The third-order valence-corrected chi connectivity index (χ3v) is 7.23. The van der Waals surface area contributed by atoms with Gasteiger partial charge >= 0.3 is 0 Å². The number of sulfonamides is 1. The third-order valence-electron chi connectivity index (χ3n) is 5.82. The molecular formula is C18H26N4O5S. The van der Waals surface area contributed by atoms with Crippen LogP contribution >= 0.6 is 0 Å². The van der Waals surface area contributed by atoms with Crippen molar-refractivity contribution in [1.82, 2.24) is 9.62 Å². The number of piperidine rings is 1. The summed E-state index contributed by atoms with van der Waals surface area (Å²) in [5.41, 5.74) is -0.254. The van der Waals surface area contributed by atoms with E-state index in [1.807, 2.05) is 4.90 Å². The lowest BCUT2D eigenvalue weighted by Crippen LogP contribution is -2.46. The maximum Gasteiger partial charge on any atom is 0.293 e. The van der Waals surface area contributed by atoms with Gasteiger partial charge < -0.3 is 10.2 Å². The van der Waals surface area contributed by atoms with Crippen LogP contribution in [0.4, 0.5) is 11.4 Å². The molecule has 2 atom stereocenters. The van der Waals surface area contributed by atoms with E-state index in [2.05, 4.69) is 10.0 Å². The van der Waals surface area contributed by atoms with Gasteiger partial charge in [-0.15, -0.1) is 0 Å². The van der Waals surface area contributed by atoms with Crippen molar-refractivity contribution >= 4 is 27.3 Å². The standard InChI is InChI=1S/C18H26N4O5S/c1-19-28(26,27)15-6-7-16(17(10-15)22(24)25)20-11-18(23)21-9-8-13-4-2-3-5-14(13)12-21/h6-7,10,13-14,19-20H,2-5,8-9,11-12H2,1H3/t13-,14+/m1/s1. The average Bonchev–Trinajstić information content (AvgIpc) is 2.71. The SMILES string of the molecule is CNS(=O)(=O)c1ccc(NCC(=O)N2CC[C@H]3CCCC[C@H]3C2)c([N+](=O)[O-])c1. The van der Waals surface area contributed by atoms with Crippen molar-refractivity contribution in [2.75, 3.05) is 32.0 Å². The zero-order chi connectivity index (χ0) is 20.3. The first kappa shape index (κ1) is 20.5. The van der Waals surface area contributed by atoms with Crippen LogP contribution in [0.15, 0.2) is 23.1 Å². The predicted octanol–water partition coefficient (Wildman–Crippen LogP) is 1.95. The van der Waals surface area contributed by atoms with E-state index < -0.39 is 14.9 Å². The van der Waals surface area contributed by atoms with E-state index >= 15 is 0 Å². The summed E-state index contributed by atoms with van der Waals surface area (Å²) in [5, 5.41) is 14.2. The fourth-order valence-corrected chi connectivity index (χ4v) is 4.96. The number of hydrogen-bond acceptors (Lipinski definition) is 6. The summed E-state index contributed by atoms with van der Waals surface area (Å²) in [4.78, 5) is 24.9. The summed E-state index contributed by atoms with van der Waals surface area (Å²) < 4.78 is 25.8. The Kier molecular flexibility index (Phi) is 6.19. The monoisotopic (exact) mass is 410 g/mol. The first-order valence-electron chi connectivity index (χ1n) is 9.55. The molecule has 0 spiro atoms. The molecule has 1 amide bonds. The molecule has 2 fully saturated rings. The topological polar surface area (TPSA) is 122 Å². The number of hydrogen-bond donors (Lipinski definition) is 2. The molecule has 1 aliphatic heterocycles. The van der Waals surface area contributed by atoms with Crippen LogP contribution in [0.1, 0.15) is 32.1 Å². The van der Waals surface area contributed by atoms with Crippen molar-refractivity contribution in [3.63, 3.8) is 0 Å². The lowest BCUT2D eigenvalue weighted by molar-refractivity contribution is -0.384. The highest BCUT2D eigenvalue weighted by Gasteiger charge is 2.33. The Labute approximate surface area is 164 Å². The van der Waals surface area contributed by atoms with Gasteiger partial charge in [0.25, 0.3) is 5.69 Å². The molecule has 2 aliphatic rings. The van der Waals surface area contributed by atoms with Crippen LogP contribution in [-0.4, -0.2) is 50.8 Å². The van der Waals surface area contributed by atoms with Crippen LogP contribution < -0.4 is 10.0 Å². The molecule has 1 aromatic carbocycles. The van der Waals surface area contributed by atoms with Crippen molar-refractivity contribution in [2.45, 2.75) is 37.0 Å². The van der Waals surface area contributed by atoms with Crippen LogP contribution in [0.5, 0.6) is 0 Å². The molecule has 3 rings (SSSR count). The molecule has 1 aromatic rings. The number of anilines is 1. The van der Waals surface area contributed by atoms with Gasteiger partial charge in [-0.3, -0.25) is 14.9 Å². The number of nitrogens with one attached hydrogen (secondary N) is 2. The number of amides is 1. The van der Waals surface area contributed by atoms with Gasteiger partial charge in [-0.25, -0.2) is 13.1 Å². The minimum atomic E-state index is -3.79. The lowest BCUT2D eigenvalue weighted by atomic mass is 9.75. The molecule has 1 aliphatic carbocycles. The second-order valence-electron chi connectivity index (χ2n) is 7.43. The molecule has 0 bridgehead atoms. The van der Waals surface area contributed by atoms with Gasteiger partial charge in [-0.1, -0.05) is 19.3 Å². The van der Waals surface area contributed by atoms with Crippen LogP contribution in [-0.2, 0) is 14.8 Å². The molecule has 0 radical (unpaired) electrons. The average molecular weight is 410 g/mol. The Morgan fingerprint density at radius 3 is 2.64 bits per heavy atom. The van der Waals surface area contributed by atoms with Gasteiger partial charge in [0.2, 0.25) is 15.9 Å². The van der Waals surface area contributed by atoms with E-state index in [0.717, 1.165) is 32.0 Å². The Morgan fingerprint density at radius 2 is 1.96 bits per heavy atom. The molecule has 9 nitrogen and oxygen atoms in total. The largest absolute Gasteiger partial charge is 0.371 e. The maximum atomic E-state index is 12.6. The fraction of sp³-hybridized carbons (Fsp3) is 0.611. The minimum Gasteiger partial charge on any atom is -0.371 e. The summed E-state index contributed by atoms with van der Waals surface area (Å²) in [7, 11) is -2.55. The van der Waals surface area contributed by atoms with E-state index in [-0.39, 0.29) is 28.7 Å². The number of likely N-dealkylation sites (tertiary alicyclic amines) is 1. The molecule has 2 N–H and O–H groups in total. The Hall–Kier alpha value is -2.20. The van der Waals surface area contributed by atoms with Crippen LogP contribution in [0.25, 0.3) is 0 Å². The number of carbonyl (C=O) groups is 1. The van der Waals surface area contributed by atoms with Crippen LogP contribution in [0.3, 0.4) is 0 Å². The van der Waals surface area contributed by atoms with Crippen LogP contribution in [0, 0.1) is 22.0 Å². The number of nitro groups is 1. The van der Waals surface area contributed by atoms with Crippen molar-refractivity contribution < 1.29 is 18.1 Å². The second-order valence-corrected chi connectivity index (χ2v) is 9.32. The Balaban J connectivity index is 1.66. The predicted molar refractivity (Wildman–Crippen MR) is 104 cm³/mol. The highest BCUT2D eigenvalue weighted by molar-refractivity contribution is 7.89. The molecule has 10 heteroatoms. The van der Waals surface area contributed by atoms with Crippen LogP contribution in [0.2, 0.25) is 0 Å². The number of nitro benzene ring substituents is 1. The second kappa shape index (κ2) is 8.44. The van der Waals surface area contributed by atoms with E-state index in [4.69, 9.17) is 0 Å². The van der Waals surface area contributed by atoms with Crippen molar-refractivity contribution in [3.05, 3.63) is 28.3 Å². The van der Waals surface area contributed by atoms with Crippen molar-refractivity contribution in [3.8, 4) is 0 Å². The molecule has 0 aromatic heterocycles. The number of rotatable bonds is 6. The van der Waals surface area contributed by atoms with Gasteiger partial charge in [0.1, 0.15) is 5.69 Å². The first-order chi connectivity index (χ1) is 13.3. The maximum absolute atomic E-state index is 12.6. The molecule has 1 saturated heterocycles. The lowest BCUT2D eigenvalue weighted by Gasteiger charge is -2.41. The Morgan fingerprint density at radius 1 is 1.25 bits per heavy atom. The summed E-state index contributed by atoms with van der Waals surface area (Å²) in [6.45, 7) is 1.42. The molecule has 154 valence electrons.